The molecule has 0 fully saturated rings. The smallest absolute Gasteiger partial charge is 0.251 e. The minimum absolute atomic E-state index is 0.114. The number of benzene rings is 2. The van der Waals surface area contributed by atoms with E-state index in [9.17, 15) is 4.79 Å². The van der Waals surface area contributed by atoms with Crippen LogP contribution in [0.2, 0.25) is 0 Å². The van der Waals surface area contributed by atoms with Crippen molar-refractivity contribution < 1.29 is 14.3 Å². The molecule has 2 aromatic carbocycles. The molecule has 25 heavy (non-hydrogen) atoms. The summed E-state index contributed by atoms with van der Waals surface area (Å²) in [5, 5.41) is 2.96. The molecule has 0 bridgehead atoms. The number of aryl methyl sites for hydroxylation is 1. The van der Waals surface area contributed by atoms with Crippen molar-refractivity contribution in [2.24, 2.45) is 0 Å². The summed E-state index contributed by atoms with van der Waals surface area (Å²) in [6.07, 6.45) is 2.44. The number of hydrogen-bond acceptors (Lipinski definition) is 3. The fourth-order valence-electron chi connectivity index (χ4n) is 2.52. The Labute approximate surface area is 149 Å². The fourth-order valence-corrected chi connectivity index (χ4v) is 2.52. The maximum atomic E-state index is 12.5. The van der Waals surface area contributed by atoms with E-state index in [1.807, 2.05) is 50.2 Å². The lowest BCUT2D eigenvalue weighted by atomic mass is 10.1. The SMILES string of the molecule is C=CCc1cc(C(=O)N[C@@H](C)COc2ccccc2C)ccc1OC. The molecule has 0 spiro atoms. The van der Waals surface area contributed by atoms with E-state index < -0.39 is 0 Å². The summed E-state index contributed by atoms with van der Waals surface area (Å²) in [6.45, 7) is 8.07. The second-order valence-electron chi connectivity index (χ2n) is 5.97. The Hall–Kier alpha value is -2.75. The number of para-hydroxylation sites is 1. The Morgan fingerprint density at radius 1 is 1.24 bits per heavy atom. The van der Waals surface area contributed by atoms with E-state index in [0.29, 0.717) is 18.6 Å². The van der Waals surface area contributed by atoms with Gasteiger partial charge in [0, 0.05) is 5.56 Å². The van der Waals surface area contributed by atoms with Gasteiger partial charge in [-0.1, -0.05) is 24.3 Å². The van der Waals surface area contributed by atoms with E-state index in [-0.39, 0.29) is 11.9 Å². The molecule has 0 radical (unpaired) electrons. The summed E-state index contributed by atoms with van der Waals surface area (Å²) in [5.41, 5.74) is 2.61. The molecule has 2 rings (SSSR count). The van der Waals surface area contributed by atoms with Gasteiger partial charge in [-0.3, -0.25) is 4.79 Å². The highest BCUT2D eigenvalue weighted by Crippen LogP contribution is 2.21. The van der Waals surface area contributed by atoms with Gasteiger partial charge in [0.1, 0.15) is 18.1 Å². The largest absolute Gasteiger partial charge is 0.496 e. The number of rotatable bonds is 8. The number of amides is 1. The summed E-state index contributed by atoms with van der Waals surface area (Å²) in [5.74, 6) is 1.46. The summed E-state index contributed by atoms with van der Waals surface area (Å²) in [4.78, 5) is 12.5. The lowest BCUT2D eigenvalue weighted by Crippen LogP contribution is -2.36. The van der Waals surface area contributed by atoms with E-state index in [1.54, 1.807) is 19.3 Å². The molecular formula is C21H25NO3. The number of methoxy groups -OCH3 is 1. The van der Waals surface area contributed by atoms with E-state index in [0.717, 1.165) is 22.6 Å². The van der Waals surface area contributed by atoms with Crippen LogP contribution in [0.3, 0.4) is 0 Å². The van der Waals surface area contributed by atoms with Crippen LogP contribution in [-0.2, 0) is 6.42 Å². The van der Waals surface area contributed by atoms with Crippen LogP contribution in [0, 0.1) is 6.92 Å². The van der Waals surface area contributed by atoms with Gasteiger partial charge in [-0.05, 0) is 55.7 Å². The Kier molecular flexibility index (Phi) is 6.63. The van der Waals surface area contributed by atoms with Crippen molar-refractivity contribution in [3.05, 3.63) is 71.8 Å². The predicted octanol–water partition coefficient (Wildman–Crippen LogP) is 3.93. The average molecular weight is 339 g/mol. The molecule has 0 saturated heterocycles. The van der Waals surface area contributed by atoms with Crippen molar-refractivity contribution >= 4 is 5.91 Å². The summed E-state index contributed by atoms with van der Waals surface area (Å²) in [6, 6.07) is 13.1. The number of carbonyl (C=O) groups excluding carboxylic acids is 1. The molecule has 1 atom stereocenters. The van der Waals surface area contributed by atoms with Crippen molar-refractivity contribution in [3.8, 4) is 11.5 Å². The number of carbonyl (C=O) groups is 1. The van der Waals surface area contributed by atoms with Gasteiger partial charge in [0.05, 0.1) is 13.2 Å². The van der Waals surface area contributed by atoms with E-state index >= 15 is 0 Å². The highest BCUT2D eigenvalue weighted by Gasteiger charge is 2.13. The van der Waals surface area contributed by atoms with Crippen molar-refractivity contribution in [1.82, 2.24) is 5.32 Å². The van der Waals surface area contributed by atoms with E-state index in [1.165, 1.54) is 0 Å². The molecule has 2 aromatic rings. The van der Waals surface area contributed by atoms with E-state index in [4.69, 9.17) is 9.47 Å². The second-order valence-corrected chi connectivity index (χ2v) is 5.97. The third-order valence-corrected chi connectivity index (χ3v) is 3.87. The maximum Gasteiger partial charge on any atom is 0.251 e. The molecule has 0 unspecified atom stereocenters. The first-order chi connectivity index (χ1) is 12.0. The van der Waals surface area contributed by atoms with Crippen LogP contribution in [0.4, 0.5) is 0 Å². The van der Waals surface area contributed by atoms with Gasteiger partial charge in [-0.25, -0.2) is 0 Å². The molecule has 0 saturated carbocycles. The van der Waals surface area contributed by atoms with Crippen molar-refractivity contribution in [2.75, 3.05) is 13.7 Å². The summed E-state index contributed by atoms with van der Waals surface area (Å²) < 4.78 is 11.1. The number of ether oxygens (including phenoxy) is 2. The maximum absolute atomic E-state index is 12.5. The van der Waals surface area contributed by atoms with Gasteiger partial charge in [0.15, 0.2) is 0 Å². The molecular weight excluding hydrogens is 314 g/mol. The van der Waals surface area contributed by atoms with Crippen LogP contribution in [0.1, 0.15) is 28.4 Å². The van der Waals surface area contributed by atoms with Crippen LogP contribution in [0.25, 0.3) is 0 Å². The van der Waals surface area contributed by atoms with Gasteiger partial charge in [0.2, 0.25) is 0 Å². The highest BCUT2D eigenvalue weighted by atomic mass is 16.5. The number of hydrogen-bond donors (Lipinski definition) is 1. The zero-order valence-corrected chi connectivity index (χ0v) is 15.0. The molecule has 4 nitrogen and oxygen atoms in total. The minimum Gasteiger partial charge on any atom is -0.496 e. The molecule has 4 heteroatoms. The molecule has 1 amide bonds. The first-order valence-corrected chi connectivity index (χ1v) is 8.32. The monoisotopic (exact) mass is 339 g/mol. The fraction of sp³-hybridized carbons (Fsp3) is 0.286. The van der Waals surface area contributed by atoms with E-state index in [2.05, 4.69) is 11.9 Å². The van der Waals surface area contributed by atoms with Crippen molar-refractivity contribution in [1.29, 1.82) is 0 Å². The van der Waals surface area contributed by atoms with Crippen molar-refractivity contribution in [2.45, 2.75) is 26.3 Å². The first kappa shape index (κ1) is 18.6. The standard InChI is InChI=1S/C21H25NO3/c1-5-8-17-13-18(11-12-20(17)24-4)21(23)22-16(3)14-25-19-10-7-6-9-15(19)2/h5-7,9-13,16H,1,8,14H2,2-4H3,(H,22,23)/t16-/m0/s1. The predicted molar refractivity (Wildman–Crippen MR) is 100 cm³/mol. The Morgan fingerprint density at radius 3 is 2.68 bits per heavy atom. The van der Waals surface area contributed by atoms with Gasteiger partial charge < -0.3 is 14.8 Å². The molecule has 0 heterocycles. The zero-order valence-electron chi connectivity index (χ0n) is 15.0. The average Bonchev–Trinajstić information content (AvgIpc) is 2.61. The van der Waals surface area contributed by atoms with Crippen molar-refractivity contribution in [3.63, 3.8) is 0 Å². The quantitative estimate of drug-likeness (QED) is 0.741. The molecule has 0 aromatic heterocycles. The Morgan fingerprint density at radius 2 is 2.00 bits per heavy atom. The summed E-state index contributed by atoms with van der Waals surface area (Å²) >= 11 is 0. The molecule has 0 aliphatic rings. The third-order valence-electron chi connectivity index (χ3n) is 3.87. The number of allylic oxidation sites excluding steroid dienone is 1. The van der Waals surface area contributed by atoms with Crippen LogP contribution in [0.5, 0.6) is 11.5 Å². The number of nitrogens with one attached hydrogen (secondary N) is 1. The van der Waals surface area contributed by atoms with Crippen LogP contribution < -0.4 is 14.8 Å². The van der Waals surface area contributed by atoms with Crippen LogP contribution in [0.15, 0.2) is 55.1 Å². The minimum atomic E-state index is -0.131. The lowest BCUT2D eigenvalue weighted by Gasteiger charge is -2.17. The second kappa shape index (κ2) is 8.92. The molecule has 0 aliphatic heterocycles. The normalized spacial score (nSPS) is 11.5. The zero-order chi connectivity index (χ0) is 18.2. The lowest BCUT2D eigenvalue weighted by molar-refractivity contribution is 0.0926. The first-order valence-electron chi connectivity index (χ1n) is 8.32. The van der Waals surface area contributed by atoms with Gasteiger partial charge >= 0.3 is 0 Å². The molecule has 0 aliphatic carbocycles. The van der Waals surface area contributed by atoms with Gasteiger partial charge in [0.25, 0.3) is 5.91 Å². The molecule has 132 valence electrons. The van der Waals surface area contributed by atoms with Crippen LogP contribution in [-0.4, -0.2) is 25.7 Å². The highest BCUT2D eigenvalue weighted by molar-refractivity contribution is 5.94. The van der Waals surface area contributed by atoms with Gasteiger partial charge in [-0.15, -0.1) is 6.58 Å². The Balaban J connectivity index is 1.97. The van der Waals surface area contributed by atoms with Crippen LogP contribution >= 0.6 is 0 Å². The topological polar surface area (TPSA) is 47.6 Å². The molecule has 1 N–H and O–H groups in total. The Bertz CT molecular complexity index is 740. The third kappa shape index (κ3) is 5.11. The summed E-state index contributed by atoms with van der Waals surface area (Å²) in [7, 11) is 1.62. The van der Waals surface area contributed by atoms with Gasteiger partial charge in [-0.2, -0.15) is 0 Å².